The number of hydrogen-bond donors (Lipinski definition) is 5. The summed E-state index contributed by atoms with van der Waals surface area (Å²) in [6.45, 7) is 0. The van der Waals surface area contributed by atoms with Crippen LogP contribution >= 0.6 is 12.2 Å². The minimum absolute atomic E-state index is 0. The second-order valence-corrected chi connectivity index (χ2v) is 2.83. The Morgan fingerprint density at radius 3 is 2.77 bits per heavy atom. The number of carboxylic acid groups (broad SMARTS) is 1. The number of carbonyl (C=O) groups is 1. The minimum Gasteiger partial charge on any atom is -0.480 e. The van der Waals surface area contributed by atoms with Gasteiger partial charge in [-0.25, -0.2) is 0 Å². The zero-order valence-electron chi connectivity index (χ0n) is 6.91. The summed E-state index contributed by atoms with van der Waals surface area (Å²) in [7, 11) is 0. The molecular formula is C6H12N4O2S. The highest BCUT2D eigenvalue weighted by atomic mass is 32.1. The van der Waals surface area contributed by atoms with Gasteiger partial charge in [-0.15, -0.1) is 0 Å². The number of hydrogen-bond acceptors (Lipinski definition) is 4. The molecule has 0 aromatic carbocycles. The molecule has 1 aromatic rings. The summed E-state index contributed by atoms with van der Waals surface area (Å²) in [6.07, 6.45) is 1.87. The maximum absolute atomic E-state index is 10.3. The Kier molecular flexibility index (Phi) is 4.32. The molecule has 0 amide bonds. The van der Waals surface area contributed by atoms with Crippen molar-refractivity contribution in [3.8, 4) is 0 Å². The summed E-state index contributed by atoms with van der Waals surface area (Å²) >= 11 is 4.75. The standard InChI is InChI=1S/C6H9N3O2S.H3N/c7-4(5(10)11)1-3-2-8-6(12)9-3;/h2,4H,1,7H2,(H,10,11)(H2,8,9,12);1H3/t4-;/m0./s1. The highest BCUT2D eigenvalue weighted by Crippen LogP contribution is 1.97. The van der Waals surface area contributed by atoms with Crippen LogP contribution in [0.3, 0.4) is 0 Å². The van der Waals surface area contributed by atoms with E-state index < -0.39 is 12.0 Å². The first kappa shape index (κ1) is 11.8. The zero-order chi connectivity index (χ0) is 9.14. The van der Waals surface area contributed by atoms with Crippen molar-refractivity contribution in [3.05, 3.63) is 16.7 Å². The maximum atomic E-state index is 10.3. The molecule has 1 atom stereocenters. The molecule has 0 spiro atoms. The summed E-state index contributed by atoms with van der Waals surface area (Å²) in [5.41, 5.74) is 5.99. The largest absolute Gasteiger partial charge is 0.480 e. The molecule has 6 nitrogen and oxygen atoms in total. The molecule has 0 saturated carbocycles. The van der Waals surface area contributed by atoms with Crippen LogP contribution in [-0.4, -0.2) is 27.1 Å². The van der Waals surface area contributed by atoms with E-state index in [1.807, 2.05) is 0 Å². The molecule has 7 heteroatoms. The number of nitrogens with one attached hydrogen (secondary N) is 2. The van der Waals surface area contributed by atoms with Crippen molar-refractivity contribution in [2.45, 2.75) is 12.5 Å². The van der Waals surface area contributed by atoms with Crippen LogP contribution in [0.5, 0.6) is 0 Å². The third-order valence-corrected chi connectivity index (χ3v) is 1.63. The van der Waals surface area contributed by atoms with E-state index in [0.29, 0.717) is 10.5 Å². The van der Waals surface area contributed by atoms with Crippen LogP contribution in [0.4, 0.5) is 0 Å². The minimum atomic E-state index is -1.02. The van der Waals surface area contributed by atoms with E-state index in [1.165, 1.54) is 0 Å². The van der Waals surface area contributed by atoms with Gasteiger partial charge < -0.3 is 27.0 Å². The highest BCUT2D eigenvalue weighted by molar-refractivity contribution is 7.71. The van der Waals surface area contributed by atoms with E-state index in [-0.39, 0.29) is 12.6 Å². The number of rotatable bonds is 3. The first-order chi connectivity index (χ1) is 5.59. The quantitative estimate of drug-likeness (QED) is 0.448. The Morgan fingerprint density at radius 2 is 2.38 bits per heavy atom. The average molecular weight is 204 g/mol. The Bertz CT molecular complexity index is 331. The lowest BCUT2D eigenvalue weighted by Crippen LogP contribution is -2.32. The van der Waals surface area contributed by atoms with Gasteiger partial charge in [-0.2, -0.15) is 0 Å². The number of nitrogens with two attached hydrogens (primary N) is 1. The second kappa shape index (κ2) is 4.75. The number of H-pyrrole nitrogens is 2. The van der Waals surface area contributed by atoms with Gasteiger partial charge >= 0.3 is 5.97 Å². The van der Waals surface area contributed by atoms with Crippen LogP contribution in [0, 0.1) is 4.77 Å². The average Bonchev–Trinajstić information content (AvgIpc) is 2.35. The summed E-state index contributed by atoms with van der Waals surface area (Å²) in [6, 6.07) is -0.883. The second-order valence-electron chi connectivity index (χ2n) is 2.42. The Morgan fingerprint density at radius 1 is 1.77 bits per heavy atom. The molecule has 1 rings (SSSR count). The fraction of sp³-hybridized carbons (Fsp3) is 0.333. The summed E-state index contributed by atoms with van der Waals surface area (Å²) in [4.78, 5) is 15.8. The maximum Gasteiger partial charge on any atom is 0.320 e. The van der Waals surface area contributed by atoms with Gasteiger partial charge in [0.05, 0.1) is 0 Å². The first-order valence-corrected chi connectivity index (χ1v) is 3.75. The molecule has 0 unspecified atom stereocenters. The van der Waals surface area contributed by atoms with E-state index in [0.717, 1.165) is 0 Å². The monoisotopic (exact) mass is 204 g/mol. The third kappa shape index (κ3) is 3.36. The van der Waals surface area contributed by atoms with Gasteiger partial charge in [-0.1, -0.05) is 0 Å². The molecular weight excluding hydrogens is 192 g/mol. The molecule has 0 saturated heterocycles. The molecule has 13 heavy (non-hydrogen) atoms. The summed E-state index contributed by atoms with van der Waals surface area (Å²) in [5.74, 6) is -1.02. The SMILES string of the molecule is N.N[C@@H](Cc1c[nH]c(=S)[nH]1)C(=O)O. The van der Waals surface area contributed by atoms with Gasteiger partial charge in [0.1, 0.15) is 6.04 Å². The Balaban J connectivity index is 0.00000144. The van der Waals surface area contributed by atoms with Crippen molar-refractivity contribution in [3.63, 3.8) is 0 Å². The number of aromatic amines is 2. The van der Waals surface area contributed by atoms with E-state index in [4.69, 9.17) is 23.1 Å². The molecule has 8 N–H and O–H groups in total. The molecule has 0 aliphatic rings. The van der Waals surface area contributed by atoms with Crippen molar-refractivity contribution in [1.29, 1.82) is 0 Å². The fourth-order valence-electron chi connectivity index (χ4n) is 0.805. The molecule has 0 aliphatic carbocycles. The molecule has 0 radical (unpaired) electrons. The lowest BCUT2D eigenvalue weighted by Gasteiger charge is -2.02. The van der Waals surface area contributed by atoms with Gasteiger partial charge in [0.15, 0.2) is 4.77 Å². The van der Waals surface area contributed by atoms with E-state index in [2.05, 4.69) is 9.97 Å². The number of imidazole rings is 1. The van der Waals surface area contributed by atoms with Gasteiger partial charge in [0.25, 0.3) is 0 Å². The third-order valence-electron chi connectivity index (χ3n) is 1.41. The highest BCUT2D eigenvalue weighted by Gasteiger charge is 2.12. The summed E-state index contributed by atoms with van der Waals surface area (Å²) in [5, 5.41) is 8.47. The van der Waals surface area contributed by atoms with Crippen LogP contribution in [0.2, 0.25) is 0 Å². The molecule has 1 heterocycles. The van der Waals surface area contributed by atoms with Crippen LogP contribution in [0.15, 0.2) is 6.20 Å². The fourth-order valence-corrected chi connectivity index (χ4v) is 0.995. The smallest absolute Gasteiger partial charge is 0.320 e. The lowest BCUT2D eigenvalue weighted by molar-refractivity contribution is -0.138. The van der Waals surface area contributed by atoms with E-state index in [1.54, 1.807) is 6.20 Å². The predicted octanol–water partition coefficient (Wildman–Crippen LogP) is 0.189. The zero-order valence-corrected chi connectivity index (χ0v) is 7.73. The molecule has 0 bridgehead atoms. The van der Waals surface area contributed by atoms with Gasteiger partial charge in [0, 0.05) is 18.3 Å². The lowest BCUT2D eigenvalue weighted by atomic mass is 10.2. The topological polar surface area (TPSA) is 130 Å². The van der Waals surface area contributed by atoms with Crippen molar-refractivity contribution in [2.24, 2.45) is 5.73 Å². The van der Waals surface area contributed by atoms with E-state index >= 15 is 0 Å². The van der Waals surface area contributed by atoms with E-state index in [9.17, 15) is 4.79 Å². The first-order valence-electron chi connectivity index (χ1n) is 3.34. The molecule has 1 aromatic heterocycles. The van der Waals surface area contributed by atoms with Crippen molar-refractivity contribution >= 4 is 18.2 Å². The number of aliphatic carboxylic acids is 1. The predicted molar refractivity (Wildman–Crippen MR) is 50.3 cm³/mol. The van der Waals surface area contributed by atoms with Crippen molar-refractivity contribution in [2.75, 3.05) is 0 Å². The number of carboxylic acids is 1. The molecule has 0 aliphatic heterocycles. The Hall–Kier alpha value is -1.18. The van der Waals surface area contributed by atoms with Crippen LogP contribution in [0.25, 0.3) is 0 Å². The van der Waals surface area contributed by atoms with Crippen LogP contribution < -0.4 is 11.9 Å². The van der Waals surface area contributed by atoms with Crippen molar-refractivity contribution in [1.82, 2.24) is 16.1 Å². The van der Waals surface area contributed by atoms with Gasteiger partial charge in [-0.05, 0) is 12.2 Å². The summed E-state index contributed by atoms with van der Waals surface area (Å²) < 4.78 is 0.475. The molecule has 0 fully saturated rings. The van der Waals surface area contributed by atoms with Crippen LogP contribution in [-0.2, 0) is 11.2 Å². The Labute approximate surface area is 79.7 Å². The van der Waals surface area contributed by atoms with Crippen molar-refractivity contribution < 1.29 is 9.90 Å². The molecule has 74 valence electrons. The normalized spacial score (nSPS) is 11.8. The number of aromatic nitrogens is 2. The van der Waals surface area contributed by atoms with Crippen LogP contribution in [0.1, 0.15) is 5.69 Å². The van der Waals surface area contributed by atoms with Gasteiger partial charge in [-0.3, -0.25) is 4.79 Å². The van der Waals surface area contributed by atoms with Gasteiger partial charge in [0.2, 0.25) is 0 Å².